The number of carbonyl (C=O) groups excluding carboxylic acids is 1. The quantitative estimate of drug-likeness (QED) is 0.939. The van der Waals surface area contributed by atoms with E-state index in [4.69, 9.17) is 0 Å². The highest BCUT2D eigenvalue weighted by Crippen LogP contribution is 2.17. The van der Waals surface area contributed by atoms with Gasteiger partial charge in [0, 0.05) is 25.8 Å². The van der Waals surface area contributed by atoms with Gasteiger partial charge >= 0.3 is 0 Å². The topological polar surface area (TPSA) is 50.2 Å². The van der Waals surface area contributed by atoms with Gasteiger partial charge in [0.1, 0.15) is 11.5 Å². The van der Waals surface area contributed by atoms with Crippen molar-refractivity contribution in [2.75, 3.05) is 13.1 Å². The molecule has 0 aliphatic carbocycles. The second kappa shape index (κ2) is 6.77. The van der Waals surface area contributed by atoms with E-state index in [1.54, 1.807) is 0 Å². The first-order chi connectivity index (χ1) is 11.5. The van der Waals surface area contributed by atoms with Crippen molar-refractivity contribution in [3.05, 3.63) is 52.1 Å². The molecule has 1 aliphatic heterocycles. The number of amides is 1. The van der Waals surface area contributed by atoms with Crippen LogP contribution in [0.2, 0.25) is 0 Å². The first-order valence-corrected chi connectivity index (χ1v) is 8.61. The fourth-order valence-corrected chi connectivity index (χ4v) is 3.43. The molecule has 1 aromatic carbocycles. The molecule has 0 atom stereocenters. The Balaban J connectivity index is 1.69. The lowest BCUT2D eigenvalue weighted by atomic mass is 10.00. The molecule has 1 aromatic heterocycles. The molecule has 0 saturated heterocycles. The normalized spacial score (nSPS) is 14.5. The summed E-state index contributed by atoms with van der Waals surface area (Å²) < 4.78 is 2.10. The predicted octanol–water partition coefficient (Wildman–Crippen LogP) is 2.57. The number of benzene rings is 1. The maximum absolute atomic E-state index is 12.5. The zero-order valence-electron chi connectivity index (χ0n) is 15.0. The summed E-state index contributed by atoms with van der Waals surface area (Å²) >= 11 is 0. The molecule has 3 rings (SSSR count). The van der Waals surface area contributed by atoms with Crippen LogP contribution < -0.4 is 5.32 Å². The number of nitrogens with zero attached hydrogens (tertiary/aromatic N) is 3. The zero-order chi connectivity index (χ0) is 17.3. The molecule has 24 heavy (non-hydrogen) atoms. The van der Waals surface area contributed by atoms with Crippen LogP contribution in [0.25, 0.3) is 0 Å². The van der Waals surface area contributed by atoms with Crippen molar-refractivity contribution in [2.24, 2.45) is 0 Å². The second-order valence-corrected chi connectivity index (χ2v) is 6.66. The first-order valence-electron chi connectivity index (χ1n) is 8.61. The molecule has 5 heteroatoms. The number of imidazole rings is 1. The monoisotopic (exact) mass is 326 g/mol. The van der Waals surface area contributed by atoms with E-state index in [1.807, 2.05) is 6.20 Å². The lowest BCUT2D eigenvalue weighted by molar-refractivity contribution is 0.0946. The number of aromatic nitrogens is 2. The van der Waals surface area contributed by atoms with E-state index in [0.29, 0.717) is 12.2 Å². The van der Waals surface area contributed by atoms with Gasteiger partial charge in [0.05, 0.1) is 6.54 Å². The van der Waals surface area contributed by atoms with Crippen molar-refractivity contribution >= 4 is 5.91 Å². The molecule has 0 fully saturated rings. The summed E-state index contributed by atoms with van der Waals surface area (Å²) in [6.45, 7) is 12.7. The van der Waals surface area contributed by atoms with Crippen LogP contribution in [0.1, 0.15) is 45.5 Å². The van der Waals surface area contributed by atoms with E-state index in [9.17, 15) is 4.79 Å². The number of hydrogen-bond donors (Lipinski definition) is 1. The van der Waals surface area contributed by atoms with Gasteiger partial charge in [-0.15, -0.1) is 0 Å². The van der Waals surface area contributed by atoms with E-state index < -0.39 is 0 Å². The van der Waals surface area contributed by atoms with Crippen molar-refractivity contribution in [1.29, 1.82) is 0 Å². The maximum Gasteiger partial charge on any atom is 0.271 e. The van der Waals surface area contributed by atoms with Crippen molar-refractivity contribution < 1.29 is 4.79 Å². The lowest BCUT2D eigenvalue weighted by Gasteiger charge is -2.25. The van der Waals surface area contributed by atoms with E-state index in [2.05, 4.69) is 59.6 Å². The summed E-state index contributed by atoms with van der Waals surface area (Å²) in [4.78, 5) is 19.3. The molecule has 0 bridgehead atoms. The van der Waals surface area contributed by atoms with Crippen LogP contribution in [-0.2, 0) is 19.6 Å². The summed E-state index contributed by atoms with van der Waals surface area (Å²) in [6.07, 6.45) is 1.88. The van der Waals surface area contributed by atoms with Crippen molar-refractivity contribution in [3.63, 3.8) is 0 Å². The standard InChI is InChI=1S/C19H26N4O/c1-5-22-6-7-23-11-17(21-18(23)12-22)19(24)20-10-16-14(3)8-13(2)9-15(16)4/h8-9,11H,5-7,10,12H2,1-4H3,(H,20,24). The van der Waals surface area contributed by atoms with Crippen molar-refractivity contribution in [1.82, 2.24) is 19.8 Å². The summed E-state index contributed by atoms with van der Waals surface area (Å²) in [5.41, 5.74) is 5.40. The van der Waals surface area contributed by atoms with Gasteiger partial charge in [0.2, 0.25) is 0 Å². The first kappa shape index (κ1) is 16.7. The van der Waals surface area contributed by atoms with Gasteiger partial charge in [0.25, 0.3) is 5.91 Å². The Bertz CT molecular complexity index is 740. The highest BCUT2D eigenvalue weighted by molar-refractivity contribution is 5.92. The third kappa shape index (κ3) is 3.36. The Kier molecular flexibility index (Phi) is 4.71. The largest absolute Gasteiger partial charge is 0.347 e. The smallest absolute Gasteiger partial charge is 0.271 e. The van der Waals surface area contributed by atoms with Crippen LogP contribution in [0.15, 0.2) is 18.3 Å². The van der Waals surface area contributed by atoms with E-state index in [0.717, 1.165) is 32.0 Å². The Hall–Kier alpha value is -2.14. The number of likely N-dealkylation sites (N-methyl/N-ethyl adjacent to an activating group) is 1. The Morgan fingerprint density at radius 2 is 1.92 bits per heavy atom. The van der Waals surface area contributed by atoms with Crippen LogP contribution in [0.5, 0.6) is 0 Å². The van der Waals surface area contributed by atoms with Crippen molar-refractivity contribution in [3.8, 4) is 0 Å². The molecule has 128 valence electrons. The van der Waals surface area contributed by atoms with Gasteiger partial charge in [-0.2, -0.15) is 0 Å². The van der Waals surface area contributed by atoms with Crippen LogP contribution in [0.4, 0.5) is 0 Å². The number of rotatable bonds is 4. The highest BCUT2D eigenvalue weighted by Gasteiger charge is 2.20. The number of carbonyl (C=O) groups is 1. The van der Waals surface area contributed by atoms with Gasteiger partial charge in [-0.25, -0.2) is 4.98 Å². The second-order valence-electron chi connectivity index (χ2n) is 6.66. The molecular weight excluding hydrogens is 300 g/mol. The van der Waals surface area contributed by atoms with Crippen LogP contribution in [0, 0.1) is 20.8 Å². The van der Waals surface area contributed by atoms with Gasteiger partial charge in [-0.1, -0.05) is 24.6 Å². The van der Waals surface area contributed by atoms with Crippen LogP contribution in [0.3, 0.4) is 0 Å². The average molecular weight is 326 g/mol. The molecule has 5 nitrogen and oxygen atoms in total. The molecule has 1 amide bonds. The lowest BCUT2D eigenvalue weighted by Crippen LogP contribution is -2.33. The van der Waals surface area contributed by atoms with Gasteiger partial charge in [0.15, 0.2) is 0 Å². The minimum Gasteiger partial charge on any atom is -0.347 e. The number of aryl methyl sites for hydroxylation is 3. The molecule has 2 aromatic rings. The highest BCUT2D eigenvalue weighted by atomic mass is 16.1. The summed E-state index contributed by atoms with van der Waals surface area (Å²) in [5.74, 6) is 0.885. The number of fused-ring (bicyclic) bond motifs is 1. The number of hydrogen-bond acceptors (Lipinski definition) is 3. The van der Waals surface area contributed by atoms with Gasteiger partial charge in [-0.3, -0.25) is 9.69 Å². The Labute approximate surface area is 143 Å². The molecule has 2 heterocycles. The summed E-state index contributed by atoms with van der Waals surface area (Å²) in [5, 5.41) is 3.02. The SMILES string of the molecule is CCN1CCn2cc(C(=O)NCc3c(C)cc(C)cc3C)nc2C1. The number of nitrogens with one attached hydrogen (secondary N) is 1. The summed E-state index contributed by atoms with van der Waals surface area (Å²) in [7, 11) is 0. The molecule has 0 unspecified atom stereocenters. The summed E-state index contributed by atoms with van der Waals surface area (Å²) in [6, 6.07) is 4.31. The molecule has 1 N–H and O–H groups in total. The third-order valence-electron chi connectivity index (χ3n) is 4.83. The fourth-order valence-electron chi connectivity index (χ4n) is 3.43. The molecule has 0 saturated carbocycles. The van der Waals surface area contributed by atoms with E-state index in [1.165, 1.54) is 22.3 Å². The minimum absolute atomic E-state index is 0.0978. The van der Waals surface area contributed by atoms with Gasteiger partial charge < -0.3 is 9.88 Å². The molecular formula is C19H26N4O. The Morgan fingerprint density at radius 3 is 2.58 bits per heavy atom. The zero-order valence-corrected chi connectivity index (χ0v) is 15.0. The molecule has 0 radical (unpaired) electrons. The van der Waals surface area contributed by atoms with E-state index in [-0.39, 0.29) is 5.91 Å². The predicted molar refractivity (Wildman–Crippen MR) is 95.0 cm³/mol. The third-order valence-corrected chi connectivity index (χ3v) is 4.83. The average Bonchev–Trinajstić information content (AvgIpc) is 2.96. The molecule has 0 spiro atoms. The van der Waals surface area contributed by atoms with Crippen LogP contribution in [-0.4, -0.2) is 33.4 Å². The minimum atomic E-state index is -0.0978. The Morgan fingerprint density at radius 1 is 1.21 bits per heavy atom. The van der Waals surface area contributed by atoms with Gasteiger partial charge in [-0.05, 0) is 44.0 Å². The molecule has 1 aliphatic rings. The van der Waals surface area contributed by atoms with E-state index >= 15 is 0 Å². The van der Waals surface area contributed by atoms with Crippen LogP contribution >= 0.6 is 0 Å². The maximum atomic E-state index is 12.5. The fraction of sp³-hybridized carbons (Fsp3) is 0.474. The van der Waals surface area contributed by atoms with Crippen molar-refractivity contribution in [2.45, 2.75) is 47.3 Å².